The summed E-state index contributed by atoms with van der Waals surface area (Å²) >= 11 is 3.63. The monoisotopic (exact) mass is 293 g/mol. The molecule has 0 fully saturated rings. The van der Waals surface area contributed by atoms with Crippen LogP contribution in [0.1, 0.15) is 31.4 Å². The SMILES string of the molecule is C=CN(C)c1cc(Br)c(C(=C)CC)cc1CC. The molecule has 0 amide bonds. The first-order chi connectivity index (χ1) is 8.04. The molecule has 0 bridgehead atoms. The lowest BCUT2D eigenvalue weighted by Crippen LogP contribution is -2.10. The molecule has 0 atom stereocenters. The molecule has 92 valence electrons. The van der Waals surface area contributed by atoms with Crippen molar-refractivity contribution in [3.8, 4) is 0 Å². The van der Waals surface area contributed by atoms with Gasteiger partial charge in [0.2, 0.25) is 0 Å². The Labute approximate surface area is 113 Å². The summed E-state index contributed by atoms with van der Waals surface area (Å²) in [5, 5.41) is 0. The van der Waals surface area contributed by atoms with Gasteiger partial charge in [-0.2, -0.15) is 0 Å². The minimum Gasteiger partial charge on any atom is -0.351 e. The van der Waals surface area contributed by atoms with Crippen molar-refractivity contribution >= 4 is 27.2 Å². The fraction of sp³-hybridized carbons (Fsp3) is 0.333. The normalized spacial score (nSPS) is 10.1. The maximum atomic E-state index is 4.11. The van der Waals surface area contributed by atoms with Crippen LogP contribution in [0.4, 0.5) is 5.69 Å². The van der Waals surface area contributed by atoms with E-state index in [1.165, 1.54) is 22.4 Å². The molecule has 0 saturated heterocycles. The summed E-state index contributed by atoms with van der Waals surface area (Å²) in [5.74, 6) is 0. The minimum absolute atomic E-state index is 0.971. The number of nitrogens with zero attached hydrogens (tertiary/aromatic N) is 1. The van der Waals surface area contributed by atoms with E-state index in [-0.39, 0.29) is 0 Å². The van der Waals surface area contributed by atoms with Crippen LogP contribution in [0.25, 0.3) is 5.57 Å². The molecule has 0 aliphatic heterocycles. The van der Waals surface area contributed by atoms with Gasteiger partial charge in [-0.05, 0) is 47.9 Å². The van der Waals surface area contributed by atoms with Crippen molar-refractivity contribution in [2.75, 3.05) is 11.9 Å². The van der Waals surface area contributed by atoms with Crippen LogP contribution in [0.5, 0.6) is 0 Å². The second kappa shape index (κ2) is 6.06. The van der Waals surface area contributed by atoms with E-state index < -0.39 is 0 Å². The highest BCUT2D eigenvalue weighted by Crippen LogP contribution is 2.33. The number of hydrogen-bond donors (Lipinski definition) is 0. The Balaban J connectivity index is 3.33. The van der Waals surface area contributed by atoms with Crippen molar-refractivity contribution in [3.63, 3.8) is 0 Å². The van der Waals surface area contributed by atoms with Crippen LogP contribution in [0.3, 0.4) is 0 Å². The highest BCUT2D eigenvalue weighted by Gasteiger charge is 2.10. The summed E-state index contributed by atoms with van der Waals surface area (Å²) < 4.78 is 1.10. The zero-order valence-electron chi connectivity index (χ0n) is 10.9. The van der Waals surface area contributed by atoms with Gasteiger partial charge >= 0.3 is 0 Å². The quantitative estimate of drug-likeness (QED) is 0.737. The first-order valence-corrected chi connectivity index (χ1v) is 6.70. The van der Waals surface area contributed by atoms with Crippen molar-refractivity contribution in [1.29, 1.82) is 0 Å². The van der Waals surface area contributed by atoms with Crippen molar-refractivity contribution in [2.24, 2.45) is 0 Å². The van der Waals surface area contributed by atoms with Gasteiger partial charge < -0.3 is 4.90 Å². The van der Waals surface area contributed by atoms with Crippen LogP contribution in [0, 0.1) is 0 Å². The molecule has 0 N–H and O–H groups in total. The van der Waals surface area contributed by atoms with Gasteiger partial charge in [0.05, 0.1) is 0 Å². The Morgan fingerprint density at radius 1 is 1.41 bits per heavy atom. The summed E-state index contributed by atoms with van der Waals surface area (Å²) in [4.78, 5) is 2.04. The Bertz CT molecular complexity index is 435. The van der Waals surface area contributed by atoms with Gasteiger partial charge in [0.15, 0.2) is 0 Å². The molecule has 1 rings (SSSR count). The van der Waals surface area contributed by atoms with E-state index in [4.69, 9.17) is 0 Å². The van der Waals surface area contributed by atoms with Gasteiger partial charge in [-0.15, -0.1) is 0 Å². The third kappa shape index (κ3) is 3.01. The number of anilines is 1. The number of aryl methyl sites for hydroxylation is 1. The maximum Gasteiger partial charge on any atom is 0.0447 e. The van der Waals surface area contributed by atoms with E-state index in [1.54, 1.807) is 0 Å². The zero-order valence-corrected chi connectivity index (χ0v) is 12.5. The largest absolute Gasteiger partial charge is 0.351 e. The lowest BCUT2D eigenvalue weighted by Gasteiger charge is -2.20. The molecule has 1 nitrogen and oxygen atoms in total. The molecule has 0 spiro atoms. The fourth-order valence-corrected chi connectivity index (χ4v) is 2.39. The third-order valence-electron chi connectivity index (χ3n) is 3.01. The highest BCUT2D eigenvalue weighted by molar-refractivity contribution is 9.10. The maximum absolute atomic E-state index is 4.11. The van der Waals surface area contributed by atoms with Gasteiger partial charge in [0.1, 0.15) is 0 Å². The van der Waals surface area contributed by atoms with Crippen LogP contribution >= 0.6 is 15.9 Å². The van der Waals surface area contributed by atoms with Crippen molar-refractivity contribution in [1.82, 2.24) is 0 Å². The molecule has 0 unspecified atom stereocenters. The second-order valence-electron chi connectivity index (χ2n) is 4.06. The molecule has 17 heavy (non-hydrogen) atoms. The van der Waals surface area contributed by atoms with E-state index >= 15 is 0 Å². The molecule has 2 heteroatoms. The van der Waals surface area contributed by atoms with Crippen molar-refractivity contribution < 1.29 is 0 Å². The Kier molecular flexibility index (Phi) is 5.01. The van der Waals surface area contributed by atoms with E-state index in [2.05, 4.69) is 55.1 Å². The number of hydrogen-bond acceptors (Lipinski definition) is 1. The van der Waals surface area contributed by atoms with Gasteiger partial charge in [-0.25, -0.2) is 0 Å². The molecule has 0 heterocycles. The molecule has 0 saturated carbocycles. The molecular weight excluding hydrogens is 274 g/mol. The second-order valence-corrected chi connectivity index (χ2v) is 4.92. The molecule has 1 aromatic carbocycles. The number of halogens is 1. The van der Waals surface area contributed by atoms with Gasteiger partial charge in [0, 0.05) is 17.2 Å². The zero-order chi connectivity index (χ0) is 13.0. The van der Waals surface area contributed by atoms with Crippen molar-refractivity contribution in [3.05, 3.63) is 47.1 Å². The van der Waals surface area contributed by atoms with E-state index in [1.807, 2.05) is 18.1 Å². The molecule has 0 radical (unpaired) electrons. The first-order valence-electron chi connectivity index (χ1n) is 5.91. The van der Waals surface area contributed by atoms with Crippen LogP contribution < -0.4 is 4.90 Å². The Morgan fingerprint density at radius 3 is 2.53 bits per heavy atom. The smallest absolute Gasteiger partial charge is 0.0447 e. The van der Waals surface area contributed by atoms with Gasteiger partial charge in [0.25, 0.3) is 0 Å². The molecule has 1 aromatic rings. The number of allylic oxidation sites excluding steroid dienone is 1. The molecular formula is C15H20BrN. The van der Waals surface area contributed by atoms with Crippen LogP contribution in [0.15, 0.2) is 36.0 Å². The predicted molar refractivity (Wildman–Crippen MR) is 81.4 cm³/mol. The fourth-order valence-electron chi connectivity index (χ4n) is 1.78. The first kappa shape index (κ1) is 14.0. The average molecular weight is 294 g/mol. The summed E-state index contributed by atoms with van der Waals surface area (Å²) in [7, 11) is 2.02. The number of benzene rings is 1. The number of rotatable bonds is 5. The van der Waals surface area contributed by atoms with Crippen LogP contribution in [-0.4, -0.2) is 7.05 Å². The van der Waals surface area contributed by atoms with E-state index in [0.29, 0.717) is 0 Å². The predicted octanol–water partition coefficient (Wildman–Crippen LogP) is 5.01. The van der Waals surface area contributed by atoms with Gasteiger partial charge in [-0.1, -0.05) is 42.9 Å². The van der Waals surface area contributed by atoms with Crippen LogP contribution in [0.2, 0.25) is 0 Å². The van der Waals surface area contributed by atoms with Crippen LogP contribution in [-0.2, 0) is 6.42 Å². The molecule has 0 aliphatic carbocycles. The highest BCUT2D eigenvalue weighted by atomic mass is 79.9. The van der Waals surface area contributed by atoms with E-state index in [0.717, 1.165) is 17.3 Å². The molecule has 0 aromatic heterocycles. The average Bonchev–Trinajstić information content (AvgIpc) is 2.36. The Hall–Kier alpha value is -1.02. The summed E-state index contributed by atoms with van der Waals surface area (Å²) in [6.45, 7) is 12.2. The lowest BCUT2D eigenvalue weighted by molar-refractivity contribution is 1.08. The summed E-state index contributed by atoms with van der Waals surface area (Å²) in [5.41, 5.74) is 4.90. The standard InChI is InChI=1S/C15H20BrN/c1-6-11(4)13-9-12(7-2)15(10-14(13)16)17(5)8-3/h8-10H,3-4,6-7H2,1-2,5H3. The third-order valence-corrected chi connectivity index (χ3v) is 3.67. The summed E-state index contributed by atoms with van der Waals surface area (Å²) in [6, 6.07) is 4.38. The topological polar surface area (TPSA) is 3.24 Å². The Morgan fingerprint density at radius 2 is 2.06 bits per heavy atom. The molecule has 0 aliphatic rings. The minimum atomic E-state index is 0.971. The van der Waals surface area contributed by atoms with Gasteiger partial charge in [-0.3, -0.25) is 0 Å². The lowest BCUT2D eigenvalue weighted by atomic mass is 10.00. The van der Waals surface area contributed by atoms with E-state index in [9.17, 15) is 0 Å². The summed E-state index contributed by atoms with van der Waals surface area (Å²) in [6.07, 6.45) is 3.80. The van der Waals surface area contributed by atoms with Crippen molar-refractivity contribution in [2.45, 2.75) is 26.7 Å².